The number of nitrogens with two attached hydrogens (primary N) is 1. The van der Waals surface area contributed by atoms with E-state index in [9.17, 15) is 24.6 Å². The fraction of sp³-hybridized carbons (Fsp3) is 0.463. The smallest absolute Gasteiger partial charge is 0.246 e. The molecule has 4 aromatic rings. The summed E-state index contributed by atoms with van der Waals surface area (Å²) in [6.45, 7) is 13.2. The lowest BCUT2D eigenvalue weighted by atomic mass is 9.85. The predicted octanol–water partition coefficient (Wildman–Crippen LogP) is 4.14. The minimum atomic E-state index is -0.888. The van der Waals surface area contributed by atoms with E-state index in [0.717, 1.165) is 40.5 Å². The predicted molar refractivity (Wildman–Crippen MR) is 218 cm³/mol. The third kappa shape index (κ3) is 9.45. The van der Waals surface area contributed by atoms with Gasteiger partial charge in [0.15, 0.2) is 5.82 Å². The standard InChI is InChI=1S/C41H53N9O5S/c1-25(27-12-14-28(15-13-27)36-26(2)43-24-56-36)44-39(54)33-21-29(51)23-50(33)40(55)37(41(3,4)5)45-35(53)11-8-16-48-17-19-49(20-18-48)32-22-31(46-47-38(32)42)30-9-6-7-10-34(30)52/h6-7,9-10,12-15,22,24-25,29,33,37,51-52H,8,11,16-21,23H2,1-5H3,(H2,42,47)(H,44,54)(H,45,53)/t25-,29+,33-,37?/m0/s1. The number of anilines is 2. The molecule has 0 saturated carbocycles. The molecule has 1 unspecified atom stereocenters. The zero-order chi connectivity index (χ0) is 40.1. The number of nitrogen functional groups attached to an aromatic ring is 1. The number of aryl methyl sites for hydroxylation is 1. The number of aliphatic hydroxyl groups is 1. The Kier molecular flexibility index (Phi) is 12.6. The summed E-state index contributed by atoms with van der Waals surface area (Å²) in [6.07, 6.45) is 0.0999. The summed E-state index contributed by atoms with van der Waals surface area (Å²) in [6, 6.07) is 14.7. The number of nitrogens with one attached hydrogen (secondary N) is 2. The number of carbonyl (C=O) groups is 3. The second-order valence-electron chi connectivity index (χ2n) is 15.8. The molecule has 0 aliphatic carbocycles. The summed E-state index contributed by atoms with van der Waals surface area (Å²) in [5.74, 6) is -0.520. The summed E-state index contributed by atoms with van der Waals surface area (Å²) >= 11 is 1.58. The molecule has 4 atom stereocenters. The van der Waals surface area contributed by atoms with Crippen molar-refractivity contribution in [3.63, 3.8) is 0 Å². The van der Waals surface area contributed by atoms with E-state index in [-0.39, 0.29) is 48.9 Å². The van der Waals surface area contributed by atoms with Crippen molar-refractivity contribution in [3.05, 3.63) is 71.4 Å². The molecule has 298 valence electrons. The lowest BCUT2D eigenvalue weighted by Crippen LogP contribution is -2.57. The van der Waals surface area contributed by atoms with Gasteiger partial charge in [0.1, 0.15) is 17.8 Å². The Morgan fingerprint density at radius 3 is 2.39 bits per heavy atom. The number of carbonyl (C=O) groups excluding carboxylic acids is 3. The number of aromatic nitrogens is 3. The van der Waals surface area contributed by atoms with Gasteiger partial charge in [-0.15, -0.1) is 21.5 Å². The van der Waals surface area contributed by atoms with Crippen molar-refractivity contribution in [2.75, 3.05) is 49.9 Å². The number of likely N-dealkylation sites (tertiary alicyclic amines) is 1. The lowest BCUT2D eigenvalue weighted by Gasteiger charge is -2.36. The first kappa shape index (κ1) is 40.5. The van der Waals surface area contributed by atoms with Crippen LogP contribution in [0.1, 0.15) is 64.3 Å². The number of nitrogens with zero attached hydrogens (tertiary/aromatic N) is 6. The highest BCUT2D eigenvalue weighted by Crippen LogP contribution is 2.33. The molecule has 3 amide bonds. The van der Waals surface area contributed by atoms with Crippen LogP contribution in [0.25, 0.3) is 21.7 Å². The van der Waals surface area contributed by atoms with Crippen LogP contribution in [0.15, 0.2) is 60.1 Å². The number of phenols is 1. The minimum absolute atomic E-state index is 0.0138. The molecule has 56 heavy (non-hydrogen) atoms. The van der Waals surface area contributed by atoms with Crippen molar-refractivity contribution in [3.8, 4) is 27.4 Å². The van der Waals surface area contributed by atoms with Crippen molar-refractivity contribution in [1.82, 2.24) is 35.6 Å². The van der Waals surface area contributed by atoms with Crippen molar-refractivity contribution < 1.29 is 24.6 Å². The van der Waals surface area contributed by atoms with Crippen LogP contribution in [-0.4, -0.2) is 110 Å². The van der Waals surface area contributed by atoms with E-state index >= 15 is 0 Å². The maximum Gasteiger partial charge on any atom is 0.246 e. The first-order valence-corrected chi connectivity index (χ1v) is 20.0. The number of β-amino-alcohol motifs (C(OH)–C–C–N with tert-alkyl or cyclic N) is 1. The normalized spacial score (nSPS) is 18.8. The highest BCUT2D eigenvalue weighted by Gasteiger charge is 2.44. The highest BCUT2D eigenvalue weighted by molar-refractivity contribution is 7.13. The number of thiazole rings is 1. The van der Waals surface area contributed by atoms with Crippen LogP contribution in [0.4, 0.5) is 11.5 Å². The number of benzene rings is 2. The molecule has 2 aliphatic rings. The van der Waals surface area contributed by atoms with E-state index in [0.29, 0.717) is 43.1 Å². The van der Waals surface area contributed by atoms with Gasteiger partial charge in [-0.05, 0) is 61.6 Å². The molecule has 2 aromatic carbocycles. The highest BCUT2D eigenvalue weighted by atomic mass is 32.1. The maximum absolute atomic E-state index is 14.1. The van der Waals surface area contributed by atoms with E-state index in [1.807, 2.05) is 76.5 Å². The van der Waals surface area contributed by atoms with Gasteiger partial charge in [-0.1, -0.05) is 57.2 Å². The molecule has 14 nitrogen and oxygen atoms in total. The van der Waals surface area contributed by atoms with Gasteiger partial charge in [-0.2, -0.15) is 0 Å². The van der Waals surface area contributed by atoms with Crippen LogP contribution < -0.4 is 21.3 Å². The Bertz CT molecular complexity index is 2010. The second kappa shape index (κ2) is 17.3. The monoisotopic (exact) mass is 783 g/mol. The number of hydrogen-bond donors (Lipinski definition) is 5. The zero-order valence-corrected chi connectivity index (χ0v) is 33.6. The summed E-state index contributed by atoms with van der Waals surface area (Å²) in [7, 11) is 0. The molecule has 6 rings (SSSR count). The van der Waals surface area contributed by atoms with Crippen molar-refractivity contribution >= 4 is 40.6 Å². The largest absolute Gasteiger partial charge is 0.507 e. The Morgan fingerprint density at radius 2 is 1.73 bits per heavy atom. The quantitative estimate of drug-likeness (QED) is 0.139. The summed E-state index contributed by atoms with van der Waals surface area (Å²) in [5, 5.41) is 35.3. The summed E-state index contributed by atoms with van der Waals surface area (Å²) < 4.78 is 0. The topological polar surface area (TPSA) is 190 Å². The van der Waals surface area contributed by atoms with E-state index in [1.165, 1.54) is 4.90 Å². The number of hydrogen-bond acceptors (Lipinski definition) is 12. The van der Waals surface area contributed by atoms with Gasteiger partial charge in [0, 0.05) is 51.1 Å². The second-order valence-corrected chi connectivity index (χ2v) is 16.7. The number of aliphatic hydroxyl groups excluding tert-OH is 1. The van der Waals surface area contributed by atoms with Gasteiger partial charge in [0.05, 0.1) is 39.6 Å². The fourth-order valence-electron chi connectivity index (χ4n) is 7.39. The van der Waals surface area contributed by atoms with E-state index in [4.69, 9.17) is 5.73 Å². The molecule has 15 heteroatoms. The Balaban J connectivity index is 0.998. The number of piperazine rings is 1. The van der Waals surface area contributed by atoms with Crippen molar-refractivity contribution in [1.29, 1.82) is 0 Å². The molecule has 0 spiro atoms. The van der Waals surface area contributed by atoms with Gasteiger partial charge in [0.2, 0.25) is 17.7 Å². The minimum Gasteiger partial charge on any atom is -0.507 e. The van der Waals surface area contributed by atoms with Crippen LogP contribution in [-0.2, 0) is 14.4 Å². The van der Waals surface area contributed by atoms with E-state index in [2.05, 4.69) is 35.6 Å². The van der Waals surface area contributed by atoms with E-state index in [1.54, 1.807) is 29.5 Å². The molecular formula is C41H53N9O5S. The van der Waals surface area contributed by atoms with Gasteiger partial charge in [-0.25, -0.2) is 4.98 Å². The Morgan fingerprint density at radius 1 is 1.02 bits per heavy atom. The first-order chi connectivity index (χ1) is 26.7. The molecule has 4 heterocycles. The molecule has 0 radical (unpaired) electrons. The SMILES string of the molecule is Cc1ncsc1-c1ccc([C@H](C)NC(=O)[C@@H]2C[C@@H](O)CN2C(=O)C(NC(=O)CCCN2CCN(c3cc(-c4ccccc4O)nnc3N)CC2)C(C)(C)C)cc1. The van der Waals surface area contributed by atoms with Gasteiger partial charge in [0.25, 0.3) is 0 Å². The molecular weight excluding hydrogens is 731 g/mol. The third-order valence-electron chi connectivity index (χ3n) is 10.6. The number of rotatable bonds is 12. The maximum atomic E-state index is 14.1. The number of phenolic OH excluding ortho intramolecular Hbond substituents is 1. The number of aromatic hydroxyl groups is 1. The van der Waals surface area contributed by atoms with Crippen molar-refractivity contribution in [2.24, 2.45) is 5.41 Å². The molecule has 2 aliphatic heterocycles. The van der Waals surface area contributed by atoms with Crippen LogP contribution in [0.5, 0.6) is 5.75 Å². The molecule has 6 N–H and O–H groups in total. The molecule has 0 bridgehead atoms. The number of para-hydroxylation sites is 1. The summed E-state index contributed by atoms with van der Waals surface area (Å²) in [5.41, 5.74) is 12.2. The van der Waals surface area contributed by atoms with Crippen molar-refractivity contribution in [2.45, 2.75) is 78.1 Å². The van der Waals surface area contributed by atoms with Crippen LogP contribution in [0.2, 0.25) is 0 Å². The molecule has 2 aromatic heterocycles. The average Bonchev–Trinajstić information content (AvgIpc) is 3.79. The number of amides is 3. The fourth-order valence-corrected chi connectivity index (χ4v) is 8.20. The van der Waals surface area contributed by atoms with Gasteiger partial charge >= 0.3 is 0 Å². The van der Waals surface area contributed by atoms with E-state index < -0.39 is 23.6 Å². The zero-order valence-electron chi connectivity index (χ0n) is 32.7. The summed E-state index contributed by atoms with van der Waals surface area (Å²) in [4.78, 5) is 52.4. The molecule has 2 fully saturated rings. The van der Waals surface area contributed by atoms with Crippen LogP contribution in [0.3, 0.4) is 0 Å². The average molecular weight is 784 g/mol. The Labute approximate surface area is 332 Å². The van der Waals surface area contributed by atoms with Gasteiger partial charge < -0.3 is 36.4 Å². The van der Waals surface area contributed by atoms with Crippen LogP contribution in [0, 0.1) is 12.3 Å². The van der Waals surface area contributed by atoms with Crippen LogP contribution >= 0.6 is 11.3 Å². The first-order valence-electron chi connectivity index (χ1n) is 19.2. The third-order valence-corrected chi connectivity index (χ3v) is 11.6. The molecule has 2 saturated heterocycles. The lowest BCUT2D eigenvalue weighted by molar-refractivity contribution is -0.144. The Hall–Kier alpha value is -5.12. The van der Waals surface area contributed by atoms with Gasteiger partial charge in [-0.3, -0.25) is 19.3 Å².